The van der Waals surface area contributed by atoms with Crippen molar-refractivity contribution < 1.29 is 4.74 Å². The largest absolute Gasteiger partial charge is 0.497 e. The zero-order valence-corrected chi connectivity index (χ0v) is 14.6. The number of nitrogens with zero attached hydrogens (tertiary/aromatic N) is 6. The number of hydrogen-bond donors (Lipinski definition) is 0. The summed E-state index contributed by atoms with van der Waals surface area (Å²) in [5.74, 6) is 2.53. The molecule has 2 aromatic heterocycles. The van der Waals surface area contributed by atoms with Crippen LogP contribution in [-0.2, 0) is 0 Å². The van der Waals surface area contributed by atoms with Gasteiger partial charge in [-0.05, 0) is 42.9 Å². The van der Waals surface area contributed by atoms with E-state index in [0.29, 0.717) is 0 Å². The van der Waals surface area contributed by atoms with Crippen molar-refractivity contribution in [2.24, 2.45) is 0 Å². The van der Waals surface area contributed by atoms with Gasteiger partial charge in [0.05, 0.1) is 7.11 Å². The maximum atomic E-state index is 5.22. The van der Waals surface area contributed by atoms with Gasteiger partial charge in [-0.15, -0.1) is 15.3 Å². The minimum atomic E-state index is 0.742. The first kappa shape index (κ1) is 15.8. The minimum absolute atomic E-state index is 0.742. The van der Waals surface area contributed by atoms with Gasteiger partial charge in [0.1, 0.15) is 11.6 Å². The van der Waals surface area contributed by atoms with Gasteiger partial charge in [-0.2, -0.15) is 4.52 Å². The molecule has 0 amide bonds. The molecule has 0 N–H and O–H groups in total. The van der Waals surface area contributed by atoms with Gasteiger partial charge in [0.15, 0.2) is 11.5 Å². The number of ether oxygens (including phenoxy) is 1. The molecule has 1 aliphatic heterocycles. The summed E-state index contributed by atoms with van der Waals surface area (Å²) in [5.41, 5.74) is 1.72. The van der Waals surface area contributed by atoms with E-state index in [4.69, 9.17) is 9.84 Å². The van der Waals surface area contributed by atoms with E-state index < -0.39 is 0 Å². The topological polar surface area (TPSA) is 58.8 Å². The molecule has 1 aromatic carbocycles. The number of piperazine rings is 1. The summed E-state index contributed by atoms with van der Waals surface area (Å²) in [7, 11) is 1.66. The molecule has 7 heteroatoms. The highest BCUT2D eigenvalue weighted by atomic mass is 16.5. The molecule has 4 rings (SSSR count). The van der Waals surface area contributed by atoms with Gasteiger partial charge in [-0.3, -0.25) is 0 Å². The summed E-state index contributed by atoms with van der Waals surface area (Å²) < 4.78 is 7.04. The summed E-state index contributed by atoms with van der Waals surface area (Å²) in [6.45, 7) is 7.44. The first-order valence-corrected chi connectivity index (χ1v) is 8.62. The van der Waals surface area contributed by atoms with E-state index in [1.54, 1.807) is 7.11 Å². The standard InChI is InChI=1S/C18H22N6O/c1-3-22-10-12-23(13-11-22)17-9-8-16-19-20-18(24(16)21-17)14-4-6-15(25-2)7-5-14/h4-9H,3,10-13H2,1-2H3. The molecule has 0 atom stereocenters. The molecule has 25 heavy (non-hydrogen) atoms. The third kappa shape index (κ3) is 3.02. The van der Waals surface area contributed by atoms with Crippen molar-refractivity contribution in [1.29, 1.82) is 0 Å². The predicted molar refractivity (Wildman–Crippen MR) is 97.1 cm³/mol. The van der Waals surface area contributed by atoms with Crippen LogP contribution in [0.3, 0.4) is 0 Å². The molecule has 0 saturated carbocycles. The van der Waals surface area contributed by atoms with E-state index in [1.165, 1.54) is 0 Å². The molecule has 0 spiro atoms. The lowest BCUT2D eigenvalue weighted by atomic mass is 10.2. The molecule has 1 aliphatic rings. The Hall–Kier alpha value is -2.67. The van der Waals surface area contributed by atoms with Crippen molar-refractivity contribution in [2.75, 3.05) is 44.7 Å². The second kappa shape index (κ2) is 6.68. The summed E-state index contributed by atoms with van der Waals surface area (Å²) in [6.07, 6.45) is 0. The van der Waals surface area contributed by atoms with Crippen LogP contribution < -0.4 is 9.64 Å². The summed E-state index contributed by atoms with van der Waals surface area (Å²) >= 11 is 0. The van der Waals surface area contributed by atoms with Gasteiger partial charge in [-0.25, -0.2) is 0 Å². The van der Waals surface area contributed by atoms with Crippen LogP contribution in [0.5, 0.6) is 5.75 Å². The first-order valence-electron chi connectivity index (χ1n) is 8.62. The maximum absolute atomic E-state index is 5.22. The van der Waals surface area contributed by atoms with Crippen LogP contribution in [0, 0.1) is 0 Å². The number of likely N-dealkylation sites (N-methyl/N-ethyl adjacent to an activating group) is 1. The number of hydrogen-bond acceptors (Lipinski definition) is 6. The fourth-order valence-electron chi connectivity index (χ4n) is 3.16. The van der Waals surface area contributed by atoms with Gasteiger partial charge < -0.3 is 14.5 Å². The zero-order valence-electron chi connectivity index (χ0n) is 14.6. The second-order valence-corrected chi connectivity index (χ2v) is 6.13. The van der Waals surface area contributed by atoms with E-state index in [-0.39, 0.29) is 0 Å². The Bertz CT molecular complexity index is 852. The molecule has 0 radical (unpaired) electrons. The third-order valence-electron chi connectivity index (χ3n) is 4.74. The van der Waals surface area contributed by atoms with Gasteiger partial charge >= 0.3 is 0 Å². The molecule has 7 nitrogen and oxygen atoms in total. The Labute approximate surface area is 146 Å². The van der Waals surface area contributed by atoms with Gasteiger partial charge in [0.25, 0.3) is 0 Å². The summed E-state index contributed by atoms with van der Waals surface area (Å²) in [5, 5.41) is 13.4. The van der Waals surface area contributed by atoms with Crippen molar-refractivity contribution >= 4 is 11.5 Å². The van der Waals surface area contributed by atoms with Gasteiger partial charge in [-0.1, -0.05) is 6.92 Å². The van der Waals surface area contributed by atoms with Crippen LogP contribution in [-0.4, -0.2) is 64.5 Å². The number of methoxy groups -OCH3 is 1. The molecule has 130 valence electrons. The highest BCUT2D eigenvalue weighted by Crippen LogP contribution is 2.22. The SMILES string of the molecule is CCN1CCN(c2ccc3nnc(-c4ccc(OC)cc4)n3n2)CC1. The van der Waals surface area contributed by atoms with E-state index in [2.05, 4.69) is 26.9 Å². The average Bonchev–Trinajstić information content (AvgIpc) is 3.11. The van der Waals surface area contributed by atoms with Crippen molar-refractivity contribution in [3.8, 4) is 17.1 Å². The van der Waals surface area contributed by atoms with E-state index in [0.717, 1.165) is 61.3 Å². The second-order valence-electron chi connectivity index (χ2n) is 6.13. The molecule has 1 saturated heterocycles. The number of rotatable bonds is 4. The lowest BCUT2D eigenvalue weighted by Gasteiger charge is -2.34. The Balaban J connectivity index is 1.65. The molecular formula is C18H22N6O. The van der Waals surface area contributed by atoms with Gasteiger partial charge in [0, 0.05) is 31.7 Å². The number of benzene rings is 1. The molecular weight excluding hydrogens is 316 g/mol. The van der Waals surface area contributed by atoms with Crippen LogP contribution in [0.1, 0.15) is 6.92 Å². The number of anilines is 1. The van der Waals surface area contributed by atoms with Crippen LogP contribution in [0.2, 0.25) is 0 Å². The van der Waals surface area contributed by atoms with Crippen molar-refractivity contribution in [3.63, 3.8) is 0 Å². The Morgan fingerprint density at radius 1 is 0.960 bits per heavy atom. The summed E-state index contributed by atoms with van der Waals surface area (Å²) in [6, 6.07) is 11.8. The Morgan fingerprint density at radius 2 is 1.72 bits per heavy atom. The van der Waals surface area contributed by atoms with Crippen LogP contribution in [0.15, 0.2) is 36.4 Å². The monoisotopic (exact) mass is 338 g/mol. The fraction of sp³-hybridized carbons (Fsp3) is 0.389. The minimum Gasteiger partial charge on any atom is -0.497 e. The average molecular weight is 338 g/mol. The molecule has 0 aliphatic carbocycles. The maximum Gasteiger partial charge on any atom is 0.185 e. The highest BCUT2D eigenvalue weighted by molar-refractivity contribution is 5.60. The van der Waals surface area contributed by atoms with E-state index >= 15 is 0 Å². The molecule has 3 heterocycles. The lowest BCUT2D eigenvalue weighted by molar-refractivity contribution is 0.270. The van der Waals surface area contributed by atoms with Crippen LogP contribution in [0.25, 0.3) is 17.0 Å². The normalized spacial score (nSPS) is 15.7. The Kier molecular flexibility index (Phi) is 4.23. The zero-order chi connectivity index (χ0) is 17.2. The predicted octanol–water partition coefficient (Wildman–Crippen LogP) is 1.94. The lowest BCUT2D eigenvalue weighted by Crippen LogP contribution is -2.46. The third-order valence-corrected chi connectivity index (χ3v) is 4.74. The Morgan fingerprint density at radius 3 is 2.40 bits per heavy atom. The van der Waals surface area contributed by atoms with Gasteiger partial charge in [0.2, 0.25) is 0 Å². The highest BCUT2D eigenvalue weighted by Gasteiger charge is 2.18. The van der Waals surface area contributed by atoms with E-state index in [9.17, 15) is 0 Å². The van der Waals surface area contributed by atoms with E-state index in [1.807, 2.05) is 40.9 Å². The number of aromatic nitrogens is 4. The van der Waals surface area contributed by atoms with Crippen LogP contribution in [0.4, 0.5) is 5.82 Å². The molecule has 0 unspecified atom stereocenters. The number of fused-ring (bicyclic) bond motifs is 1. The first-order chi connectivity index (χ1) is 12.3. The molecule has 1 fully saturated rings. The fourth-order valence-corrected chi connectivity index (χ4v) is 3.16. The quantitative estimate of drug-likeness (QED) is 0.725. The molecule has 3 aromatic rings. The van der Waals surface area contributed by atoms with Crippen molar-refractivity contribution in [2.45, 2.75) is 6.92 Å². The van der Waals surface area contributed by atoms with Crippen molar-refractivity contribution in [3.05, 3.63) is 36.4 Å². The molecule has 0 bridgehead atoms. The van der Waals surface area contributed by atoms with Crippen molar-refractivity contribution in [1.82, 2.24) is 24.7 Å². The summed E-state index contributed by atoms with van der Waals surface area (Å²) in [4.78, 5) is 4.78. The smallest absolute Gasteiger partial charge is 0.185 e. The van der Waals surface area contributed by atoms with Crippen LogP contribution >= 0.6 is 0 Å².